The Bertz CT molecular complexity index is 1180. The summed E-state index contributed by atoms with van der Waals surface area (Å²) in [6, 6.07) is 15.9. The van der Waals surface area contributed by atoms with Gasteiger partial charge in [0, 0.05) is 17.5 Å². The van der Waals surface area contributed by atoms with Crippen molar-refractivity contribution in [2.45, 2.75) is 31.3 Å². The van der Waals surface area contributed by atoms with Crippen LogP contribution >= 0.6 is 23.2 Å². The van der Waals surface area contributed by atoms with Gasteiger partial charge in [0.2, 0.25) is 0 Å². The monoisotopic (exact) mass is 462 g/mol. The van der Waals surface area contributed by atoms with Crippen LogP contribution in [0.3, 0.4) is 0 Å². The molecule has 0 bridgehead atoms. The van der Waals surface area contributed by atoms with E-state index in [1.54, 1.807) is 30.3 Å². The Hall–Kier alpha value is -2.05. The molecule has 1 heterocycles. The Morgan fingerprint density at radius 3 is 2.33 bits per heavy atom. The highest BCUT2D eigenvalue weighted by Gasteiger charge is 2.29. The molecule has 0 fully saturated rings. The van der Waals surface area contributed by atoms with Gasteiger partial charge in [-0.25, -0.2) is 0 Å². The van der Waals surface area contributed by atoms with Crippen LogP contribution in [0.5, 0.6) is 5.75 Å². The van der Waals surface area contributed by atoms with Gasteiger partial charge in [0.1, 0.15) is 18.5 Å². The van der Waals surface area contributed by atoms with Gasteiger partial charge >= 0.3 is 0 Å². The van der Waals surface area contributed by atoms with Crippen molar-refractivity contribution in [2.75, 3.05) is 6.61 Å². The average Bonchev–Trinajstić information content (AvgIpc) is 3.09. The van der Waals surface area contributed by atoms with Crippen LogP contribution < -0.4 is 4.74 Å². The van der Waals surface area contributed by atoms with E-state index in [2.05, 4.69) is 0 Å². The molecule has 0 spiro atoms. The highest BCUT2D eigenvalue weighted by atomic mass is 35.5. The summed E-state index contributed by atoms with van der Waals surface area (Å²) >= 11 is 12.8. The van der Waals surface area contributed by atoms with E-state index < -0.39 is 16.2 Å². The number of aryl methyl sites for hydroxylation is 2. The molecule has 1 aliphatic heterocycles. The Balaban J connectivity index is 1.57. The minimum Gasteiger partial charge on any atom is -0.487 e. The minimum atomic E-state index is -3.86. The van der Waals surface area contributed by atoms with Crippen LogP contribution in [0.1, 0.15) is 16.7 Å². The standard InChI is InChI=1S/C23H20Cl2O4S/c1-14-6-8-18(9-7-14)30(26,27)28-13-17-12-16-10-15(2)11-19(23(16)29-17)22-20(24)4-3-5-21(22)25/h3-11,17H,12-13H2,1-2H3. The highest BCUT2D eigenvalue weighted by molar-refractivity contribution is 7.86. The van der Waals surface area contributed by atoms with E-state index >= 15 is 0 Å². The minimum absolute atomic E-state index is 0.0837. The summed E-state index contributed by atoms with van der Waals surface area (Å²) in [6.45, 7) is 3.80. The zero-order valence-electron chi connectivity index (χ0n) is 16.5. The van der Waals surface area contributed by atoms with E-state index in [9.17, 15) is 8.42 Å². The third-order valence-electron chi connectivity index (χ3n) is 4.99. The van der Waals surface area contributed by atoms with Crippen molar-refractivity contribution in [2.24, 2.45) is 0 Å². The maximum Gasteiger partial charge on any atom is 0.297 e. The number of benzene rings is 3. The third-order valence-corrected chi connectivity index (χ3v) is 6.92. The fourth-order valence-electron chi connectivity index (χ4n) is 3.56. The summed E-state index contributed by atoms with van der Waals surface area (Å²) in [5.74, 6) is 0.664. The first-order valence-electron chi connectivity index (χ1n) is 9.45. The Labute approximate surface area is 186 Å². The number of hydrogen-bond acceptors (Lipinski definition) is 4. The van der Waals surface area contributed by atoms with Crippen LogP contribution in [0.25, 0.3) is 11.1 Å². The normalized spacial score (nSPS) is 15.7. The van der Waals surface area contributed by atoms with Crippen molar-refractivity contribution in [1.82, 2.24) is 0 Å². The summed E-state index contributed by atoms with van der Waals surface area (Å²) in [7, 11) is -3.86. The Morgan fingerprint density at radius 2 is 1.67 bits per heavy atom. The molecule has 0 amide bonds. The molecule has 0 aromatic heterocycles. The summed E-state index contributed by atoms with van der Waals surface area (Å²) in [4.78, 5) is 0.128. The van der Waals surface area contributed by atoms with Crippen LogP contribution in [0, 0.1) is 13.8 Å². The number of rotatable bonds is 5. The molecule has 3 aromatic rings. The number of hydrogen-bond donors (Lipinski definition) is 0. The molecule has 30 heavy (non-hydrogen) atoms. The highest BCUT2D eigenvalue weighted by Crippen LogP contribution is 2.45. The fourth-order valence-corrected chi connectivity index (χ4v) is 5.10. The molecule has 1 unspecified atom stereocenters. The van der Waals surface area contributed by atoms with Gasteiger partial charge < -0.3 is 4.74 Å². The van der Waals surface area contributed by atoms with Gasteiger partial charge in [-0.05, 0) is 55.3 Å². The van der Waals surface area contributed by atoms with E-state index in [0.29, 0.717) is 27.8 Å². The van der Waals surface area contributed by atoms with Crippen molar-refractivity contribution in [3.8, 4) is 16.9 Å². The Morgan fingerprint density at radius 1 is 1.00 bits per heavy atom. The first-order chi connectivity index (χ1) is 14.2. The Kier molecular flexibility index (Phi) is 5.82. The molecule has 1 atom stereocenters. The van der Waals surface area contributed by atoms with Crippen molar-refractivity contribution < 1.29 is 17.3 Å². The molecular formula is C23H20Cl2O4S. The van der Waals surface area contributed by atoms with E-state index in [-0.39, 0.29) is 11.5 Å². The second-order valence-electron chi connectivity index (χ2n) is 7.39. The molecule has 1 aliphatic rings. The van der Waals surface area contributed by atoms with E-state index in [1.165, 1.54) is 12.1 Å². The number of fused-ring (bicyclic) bond motifs is 1. The van der Waals surface area contributed by atoms with Crippen molar-refractivity contribution in [1.29, 1.82) is 0 Å². The molecule has 7 heteroatoms. The topological polar surface area (TPSA) is 52.6 Å². The molecule has 4 nitrogen and oxygen atoms in total. The van der Waals surface area contributed by atoms with E-state index in [1.807, 2.05) is 26.0 Å². The maximum absolute atomic E-state index is 12.5. The van der Waals surface area contributed by atoms with Crippen LogP contribution in [0.4, 0.5) is 0 Å². The average molecular weight is 463 g/mol. The maximum atomic E-state index is 12.5. The van der Waals surface area contributed by atoms with E-state index in [4.69, 9.17) is 32.1 Å². The first-order valence-corrected chi connectivity index (χ1v) is 11.6. The zero-order valence-corrected chi connectivity index (χ0v) is 18.8. The van der Waals surface area contributed by atoms with Crippen molar-refractivity contribution in [3.05, 3.63) is 81.3 Å². The van der Waals surface area contributed by atoms with Gasteiger partial charge in [-0.2, -0.15) is 8.42 Å². The lowest BCUT2D eigenvalue weighted by atomic mass is 9.98. The summed E-state index contributed by atoms with van der Waals surface area (Å²) in [6.07, 6.45) is 0.109. The second-order valence-corrected chi connectivity index (χ2v) is 9.82. The molecule has 0 saturated carbocycles. The van der Waals surface area contributed by atoms with Gasteiger partial charge in [-0.15, -0.1) is 0 Å². The van der Waals surface area contributed by atoms with Gasteiger partial charge in [0.25, 0.3) is 10.1 Å². The predicted octanol–water partition coefficient (Wildman–Crippen LogP) is 5.99. The molecule has 0 radical (unpaired) electrons. The lowest BCUT2D eigenvalue weighted by Gasteiger charge is -2.15. The quantitative estimate of drug-likeness (QED) is 0.437. The third kappa shape index (κ3) is 4.21. The van der Waals surface area contributed by atoms with E-state index in [0.717, 1.165) is 22.3 Å². The molecule has 4 rings (SSSR count). The van der Waals surface area contributed by atoms with Crippen molar-refractivity contribution in [3.63, 3.8) is 0 Å². The number of halogens is 2. The van der Waals surface area contributed by atoms with Gasteiger partial charge in [0.15, 0.2) is 0 Å². The van der Waals surface area contributed by atoms with Gasteiger partial charge in [-0.3, -0.25) is 4.18 Å². The van der Waals surface area contributed by atoms with Gasteiger partial charge in [-0.1, -0.05) is 53.0 Å². The number of ether oxygens (including phenoxy) is 1. The lowest BCUT2D eigenvalue weighted by Crippen LogP contribution is -2.23. The van der Waals surface area contributed by atoms with Crippen LogP contribution in [-0.2, 0) is 20.7 Å². The summed E-state index contributed by atoms with van der Waals surface area (Å²) in [5, 5.41) is 1.06. The zero-order chi connectivity index (χ0) is 21.5. The van der Waals surface area contributed by atoms with Crippen LogP contribution in [0.2, 0.25) is 10.0 Å². The molecule has 156 valence electrons. The molecule has 0 saturated heterocycles. The second kappa shape index (κ2) is 8.23. The molecular weight excluding hydrogens is 443 g/mol. The first kappa shape index (κ1) is 21.2. The fraction of sp³-hybridized carbons (Fsp3) is 0.217. The molecule has 0 N–H and O–H groups in total. The van der Waals surface area contributed by atoms with Crippen molar-refractivity contribution >= 4 is 33.3 Å². The van der Waals surface area contributed by atoms with Crippen LogP contribution in [-0.4, -0.2) is 21.1 Å². The SMILES string of the molecule is Cc1ccc(S(=O)(=O)OCC2Cc3cc(C)cc(-c4c(Cl)cccc4Cl)c3O2)cc1. The lowest BCUT2D eigenvalue weighted by molar-refractivity contribution is 0.152. The molecule has 3 aromatic carbocycles. The van der Waals surface area contributed by atoms with Crippen LogP contribution in [0.15, 0.2) is 59.5 Å². The molecule has 0 aliphatic carbocycles. The van der Waals surface area contributed by atoms with Gasteiger partial charge in [0.05, 0.1) is 14.9 Å². The largest absolute Gasteiger partial charge is 0.487 e. The summed E-state index contributed by atoms with van der Waals surface area (Å²) in [5.41, 5.74) is 4.49. The smallest absolute Gasteiger partial charge is 0.297 e. The predicted molar refractivity (Wildman–Crippen MR) is 119 cm³/mol. The summed E-state index contributed by atoms with van der Waals surface area (Å²) < 4.78 is 36.4.